The first kappa shape index (κ1) is 17.2. The molecule has 0 bridgehead atoms. The van der Waals surface area contributed by atoms with Crippen LogP contribution < -0.4 is 5.73 Å². The van der Waals surface area contributed by atoms with Crippen molar-refractivity contribution < 1.29 is 15.0 Å². The normalized spacial score (nSPS) is 20.4. The van der Waals surface area contributed by atoms with Gasteiger partial charge in [-0.05, 0) is 33.1 Å². The van der Waals surface area contributed by atoms with Crippen LogP contribution in [0.15, 0.2) is 0 Å². The van der Waals surface area contributed by atoms with Crippen LogP contribution in [-0.4, -0.2) is 45.4 Å². The Hall–Kier alpha value is -0.810. The molecule has 0 saturated heterocycles. The van der Waals surface area contributed by atoms with E-state index in [0.29, 0.717) is 12.3 Å². The van der Waals surface area contributed by atoms with Gasteiger partial charge in [-0.1, -0.05) is 32.1 Å². The van der Waals surface area contributed by atoms with Gasteiger partial charge >= 0.3 is 6.09 Å². The first-order chi connectivity index (χ1) is 9.27. The predicted molar refractivity (Wildman–Crippen MR) is 79.7 cm³/mol. The van der Waals surface area contributed by atoms with Crippen LogP contribution in [0.3, 0.4) is 0 Å². The summed E-state index contributed by atoms with van der Waals surface area (Å²) in [6, 6.07) is -0.416. The molecular formula is C15H30N2O3. The van der Waals surface area contributed by atoms with E-state index in [1.54, 1.807) is 0 Å². The zero-order chi connectivity index (χ0) is 15.3. The average molecular weight is 286 g/mol. The highest BCUT2D eigenvalue weighted by Crippen LogP contribution is 2.31. The standard InChI is InChI=1S/C15H30N2O3/c1-15(2,3)17(14(19)20)12(13(18)10-16)9-11-7-5-4-6-8-11/h11-13,18H,4-10,16H2,1-3H3,(H,19,20)/t12-,13-/m0/s1. The van der Waals surface area contributed by atoms with Crippen LogP contribution in [0.1, 0.15) is 59.3 Å². The first-order valence-electron chi connectivity index (χ1n) is 7.67. The minimum atomic E-state index is -0.981. The molecule has 2 atom stereocenters. The van der Waals surface area contributed by atoms with Crippen LogP contribution >= 0.6 is 0 Å². The molecule has 1 aliphatic carbocycles. The molecule has 0 aromatic carbocycles. The van der Waals surface area contributed by atoms with Gasteiger partial charge in [0, 0.05) is 12.1 Å². The number of aliphatic hydroxyl groups excluding tert-OH is 1. The van der Waals surface area contributed by atoms with Crippen molar-refractivity contribution in [2.45, 2.75) is 77.0 Å². The van der Waals surface area contributed by atoms with Crippen LogP contribution in [0.25, 0.3) is 0 Å². The molecule has 1 aliphatic rings. The van der Waals surface area contributed by atoms with Crippen molar-refractivity contribution in [2.24, 2.45) is 11.7 Å². The van der Waals surface area contributed by atoms with E-state index in [2.05, 4.69) is 0 Å². The molecular weight excluding hydrogens is 256 g/mol. The fraction of sp³-hybridized carbons (Fsp3) is 0.933. The number of carboxylic acid groups (broad SMARTS) is 1. The van der Waals surface area contributed by atoms with Crippen LogP contribution in [0.5, 0.6) is 0 Å². The molecule has 0 radical (unpaired) electrons. The van der Waals surface area contributed by atoms with E-state index < -0.39 is 23.8 Å². The van der Waals surface area contributed by atoms with Gasteiger partial charge in [0.2, 0.25) is 0 Å². The van der Waals surface area contributed by atoms with Gasteiger partial charge in [0.1, 0.15) is 0 Å². The van der Waals surface area contributed by atoms with Gasteiger partial charge in [-0.25, -0.2) is 4.79 Å². The third-order valence-electron chi connectivity index (χ3n) is 4.25. The molecule has 0 spiro atoms. The van der Waals surface area contributed by atoms with Crippen LogP contribution in [-0.2, 0) is 0 Å². The summed E-state index contributed by atoms with van der Waals surface area (Å²) in [5.41, 5.74) is 5.05. The Morgan fingerprint density at radius 1 is 1.30 bits per heavy atom. The number of hydrogen-bond donors (Lipinski definition) is 3. The first-order valence-corrected chi connectivity index (χ1v) is 7.67. The van der Waals surface area contributed by atoms with Gasteiger partial charge < -0.3 is 15.9 Å². The van der Waals surface area contributed by atoms with E-state index in [1.807, 2.05) is 20.8 Å². The lowest BCUT2D eigenvalue weighted by Gasteiger charge is -2.43. The summed E-state index contributed by atoms with van der Waals surface area (Å²) >= 11 is 0. The zero-order valence-electron chi connectivity index (χ0n) is 13.0. The summed E-state index contributed by atoms with van der Waals surface area (Å²) in [6.07, 6.45) is 4.87. The minimum absolute atomic E-state index is 0.0945. The van der Waals surface area contributed by atoms with Crippen LogP contribution in [0.2, 0.25) is 0 Å². The average Bonchev–Trinajstić information content (AvgIpc) is 2.36. The summed E-state index contributed by atoms with van der Waals surface area (Å²) in [4.78, 5) is 13.0. The molecule has 0 aromatic heterocycles. The van der Waals surface area contributed by atoms with Crippen molar-refractivity contribution in [1.29, 1.82) is 0 Å². The zero-order valence-corrected chi connectivity index (χ0v) is 13.0. The Morgan fingerprint density at radius 2 is 1.85 bits per heavy atom. The molecule has 0 aromatic rings. The summed E-state index contributed by atoms with van der Waals surface area (Å²) < 4.78 is 0. The number of aliphatic hydroxyl groups is 1. The van der Waals surface area contributed by atoms with Gasteiger partial charge in [0.15, 0.2) is 0 Å². The van der Waals surface area contributed by atoms with Crippen molar-refractivity contribution in [3.05, 3.63) is 0 Å². The lowest BCUT2D eigenvalue weighted by atomic mass is 9.82. The second-order valence-electron chi connectivity index (χ2n) is 6.93. The SMILES string of the molecule is CC(C)(C)N(C(=O)O)[C@@H](CC1CCCCC1)[C@@H](O)CN. The molecule has 0 heterocycles. The number of nitrogens with two attached hydrogens (primary N) is 1. The third-order valence-corrected chi connectivity index (χ3v) is 4.25. The van der Waals surface area contributed by atoms with Crippen molar-refractivity contribution in [3.63, 3.8) is 0 Å². The van der Waals surface area contributed by atoms with Crippen LogP contribution in [0, 0.1) is 5.92 Å². The van der Waals surface area contributed by atoms with Gasteiger partial charge in [-0.15, -0.1) is 0 Å². The molecule has 1 saturated carbocycles. The lowest BCUT2D eigenvalue weighted by Crippen LogP contribution is -2.57. The number of nitrogens with zero attached hydrogens (tertiary/aromatic N) is 1. The fourth-order valence-electron chi connectivity index (χ4n) is 3.28. The Kier molecular flexibility index (Phi) is 6.27. The summed E-state index contributed by atoms with van der Waals surface area (Å²) in [5.74, 6) is 0.499. The van der Waals surface area contributed by atoms with E-state index in [-0.39, 0.29) is 6.54 Å². The molecule has 1 rings (SSSR count). The smallest absolute Gasteiger partial charge is 0.408 e. The molecule has 0 aliphatic heterocycles. The van der Waals surface area contributed by atoms with Gasteiger partial charge in [0.25, 0.3) is 0 Å². The number of amides is 1. The highest BCUT2D eigenvalue weighted by molar-refractivity contribution is 5.66. The maximum absolute atomic E-state index is 11.6. The van der Waals surface area contributed by atoms with Crippen LogP contribution in [0.4, 0.5) is 4.79 Å². The van der Waals surface area contributed by atoms with Gasteiger partial charge in [0.05, 0.1) is 12.1 Å². The molecule has 0 unspecified atom stereocenters. The second-order valence-corrected chi connectivity index (χ2v) is 6.93. The molecule has 1 amide bonds. The molecule has 5 nitrogen and oxygen atoms in total. The summed E-state index contributed by atoms with van der Waals surface area (Å²) in [7, 11) is 0. The van der Waals surface area contributed by atoms with E-state index in [1.165, 1.54) is 24.2 Å². The molecule has 20 heavy (non-hydrogen) atoms. The number of hydrogen-bond acceptors (Lipinski definition) is 3. The molecule has 1 fully saturated rings. The Balaban J connectivity index is 2.88. The fourth-order valence-corrected chi connectivity index (χ4v) is 3.28. The highest BCUT2D eigenvalue weighted by atomic mass is 16.4. The van der Waals surface area contributed by atoms with E-state index >= 15 is 0 Å². The van der Waals surface area contributed by atoms with E-state index in [4.69, 9.17) is 5.73 Å². The summed E-state index contributed by atoms with van der Waals surface area (Å²) in [6.45, 7) is 5.67. The van der Waals surface area contributed by atoms with Crippen molar-refractivity contribution >= 4 is 6.09 Å². The Labute approximate surface area is 122 Å². The highest BCUT2D eigenvalue weighted by Gasteiger charge is 2.38. The largest absolute Gasteiger partial charge is 0.465 e. The van der Waals surface area contributed by atoms with Crippen molar-refractivity contribution in [1.82, 2.24) is 4.90 Å². The summed E-state index contributed by atoms with van der Waals surface area (Å²) in [5, 5.41) is 19.7. The second kappa shape index (κ2) is 7.27. The number of carbonyl (C=O) groups is 1. The van der Waals surface area contributed by atoms with Gasteiger partial charge in [-0.3, -0.25) is 4.90 Å². The monoisotopic (exact) mass is 286 g/mol. The topological polar surface area (TPSA) is 86.8 Å². The predicted octanol–water partition coefficient (Wildman–Crippen LogP) is 2.42. The molecule has 118 valence electrons. The maximum Gasteiger partial charge on any atom is 0.408 e. The molecule has 4 N–H and O–H groups in total. The van der Waals surface area contributed by atoms with Crippen molar-refractivity contribution in [3.8, 4) is 0 Å². The Bertz CT molecular complexity index is 309. The van der Waals surface area contributed by atoms with Crippen molar-refractivity contribution in [2.75, 3.05) is 6.54 Å². The van der Waals surface area contributed by atoms with E-state index in [9.17, 15) is 15.0 Å². The minimum Gasteiger partial charge on any atom is -0.465 e. The van der Waals surface area contributed by atoms with E-state index in [0.717, 1.165) is 12.8 Å². The maximum atomic E-state index is 11.6. The van der Waals surface area contributed by atoms with Gasteiger partial charge in [-0.2, -0.15) is 0 Å². The quantitative estimate of drug-likeness (QED) is 0.724. The lowest BCUT2D eigenvalue weighted by molar-refractivity contribution is -0.00145. The third kappa shape index (κ3) is 4.63. The number of rotatable bonds is 5. The Morgan fingerprint density at radius 3 is 2.25 bits per heavy atom. The molecule has 5 heteroatoms.